The topological polar surface area (TPSA) is 89.6 Å². The summed E-state index contributed by atoms with van der Waals surface area (Å²) in [6.45, 7) is 2.36. The van der Waals surface area contributed by atoms with Crippen LogP contribution in [0.2, 0.25) is 0 Å². The molecule has 0 spiro atoms. The van der Waals surface area contributed by atoms with Gasteiger partial charge in [-0.25, -0.2) is 0 Å². The van der Waals surface area contributed by atoms with Crippen LogP contribution in [0.5, 0.6) is 0 Å². The summed E-state index contributed by atoms with van der Waals surface area (Å²) in [6.07, 6.45) is 3.57. The minimum atomic E-state index is 0.370. The highest BCUT2D eigenvalue weighted by Gasteiger charge is 2.15. The van der Waals surface area contributed by atoms with Crippen molar-refractivity contribution in [2.75, 3.05) is 5.32 Å². The van der Waals surface area contributed by atoms with Crippen LogP contribution in [-0.2, 0) is 6.54 Å². The molecule has 4 aromatic rings. The van der Waals surface area contributed by atoms with Crippen LogP contribution in [0.4, 0.5) is 5.82 Å². The van der Waals surface area contributed by atoms with E-state index in [1.807, 2.05) is 42.6 Å². The van der Waals surface area contributed by atoms with Gasteiger partial charge in [0.25, 0.3) is 5.89 Å². The SMILES string of the molecule is Cc1nnc(-c2nnc(NCc3cccnc3)c3ccccc23)o1. The van der Waals surface area contributed by atoms with Crippen molar-refractivity contribution in [3.05, 3.63) is 60.2 Å². The molecule has 0 bridgehead atoms. The van der Waals surface area contributed by atoms with E-state index >= 15 is 0 Å². The van der Waals surface area contributed by atoms with Crippen LogP contribution in [-0.4, -0.2) is 25.4 Å². The van der Waals surface area contributed by atoms with E-state index in [1.165, 1.54) is 0 Å². The second-order valence-corrected chi connectivity index (χ2v) is 5.28. The van der Waals surface area contributed by atoms with E-state index < -0.39 is 0 Å². The fourth-order valence-electron chi connectivity index (χ4n) is 2.47. The lowest BCUT2D eigenvalue weighted by molar-refractivity contribution is 0.531. The predicted molar refractivity (Wildman–Crippen MR) is 89.1 cm³/mol. The average molecular weight is 318 g/mol. The Labute approximate surface area is 137 Å². The molecular formula is C17H14N6O. The molecule has 1 N–H and O–H groups in total. The van der Waals surface area contributed by atoms with Gasteiger partial charge in [0, 0.05) is 36.6 Å². The number of aromatic nitrogens is 5. The van der Waals surface area contributed by atoms with Crippen LogP contribution in [0.1, 0.15) is 11.5 Å². The first kappa shape index (κ1) is 14.3. The van der Waals surface area contributed by atoms with Crippen LogP contribution in [0.3, 0.4) is 0 Å². The lowest BCUT2D eigenvalue weighted by atomic mass is 10.1. The van der Waals surface area contributed by atoms with Crippen molar-refractivity contribution in [1.82, 2.24) is 25.4 Å². The zero-order chi connectivity index (χ0) is 16.4. The van der Waals surface area contributed by atoms with Crippen molar-refractivity contribution >= 4 is 16.6 Å². The van der Waals surface area contributed by atoms with E-state index in [4.69, 9.17) is 4.42 Å². The number of pyridine rings is 1. The van der Waals surface area contributed by atoms with Gasteiger partial charge in [0.2, 0.25) is 5.89 Å². The van der Waals surface area contributed by atoms with Gasteiger partial charge in [0.1, 0.15) is 0 Å². The van der Waals surface area contributed by atoms with E-state index in [9.17, 15) is 0 Å². The third-order valence-corrected chi connectivity index (χ3v) is 3.60. The summed E-state index contributed by atoms with van der Waals surface area (Å²) in [5.74, 6) is 1.57. The zero-order valence-electron chi connectivity index (χ0n) is 13.0. The highest BCUT2D eigenvalue weighted by Crippen LogP contribution is 2.29. The second kappa shape index (κ2) is 6.04. The molecule has 0 aliphatic heterocycles. The van der Waals surface area contributed by atoms with E-state index in [2.05, 4.69) is 30.7 Å². The van der Waals surface area contributed by atoms with Gasteiger partial charge < -0.3 is 9.73 Å². The molecular weight excluding hydrogens is 304 g/mol. The Morgan fingerprint density at radius 1 is 0.958 bits per heavy atom. The van der Waals surface area contributed by atoms with Gasteiger partial charge in [-0.15, -0.1) is 20.4 Å². The molecule has 3 heterocycles. The molecule has 3 aromatic heterocycles. The molecule has 1 aromatic carbocycles. The molecule has 0 aliphatic carbocycles. The minimum absolute atomic E-state index is 0.370. The number of hydrogen-bond acceptors (Lipinski definition) is 7. The first-order valence-electron chi connectivity index (χ1n) is 7.50. The van der Waals surface area contributed by atoms with E-state index in [0.29, 0.717) is 29.8 Å². The van der Waals surface area contributed by atoms with Gasteiger partial charge in [-0.1, -0.05) is 30.3 Å². The Hall–Kier alpha value is -3.35. The van der Waals surface area contributed by atoms with Crippen molar-refractivity contribution in [3.63, 3.8) is 0 Å². The number of nitrogens with zero attached hydrogens (tertiary/aromatic N) is 5. The van der Waals surface area contributed by atoms with Crippen molar-refractivity contribution < 1.29 is 4.42 Å². The summed E-state index contributed by atoms with van der Waals surface area (Å²) >= 11 is 0. The monoisotopic (exact) mass is 318 g/mol. The molecule has 0 radical (unpaired) electrons. The maximum absolute atomic E-state index is 5.49. The van der Waals surface area contributed by atoms with Gasteiger partial charge >= 0.3 is 0 Å². The molecule has 24 heavy (non-hydrogen) atoms. The number of aryl methyl sites for hydroxylation is 1. The smallest absolute Gasteiger partial charge is 0.268 e. The molecule has 0 atom stereocenters. The number of rotatable bonds is 4. The van der Waals surface area contributed by atoms with Crippen LogP contribution < -0.4 is 5.32 Å². The number of fused-ring (bicyclic) bond motifs is 1. The lowest BCUT2D eigenvalue weighted by Gasteiger charge is -2.09. The second-order valence-electron chi connectivity index (χ2n) is 5.28. The summed E-state index contributed by atoms with van der Waals surface area (Å²) < 4.78 is 5.49. The normalized spacial score (nSPS) is 10.9. The molecule has 0 saturated carbocycles. The van der Waals surface area contributed by atoms with E-state index in [-0.39, 0.29) is 0 Å². The number of benzene rings is 1. The van der Waals surface area contributed by atoms with Crippen molar-refractivity contribution in [1.29, 1.82) is 0 Å². The summed E-state index contributed by atoms with van der Waals surface area (Å²) in [5, 5.41) is 21.6. The van der Waals surface area contributed by atoms with Crippen molar-refractivity contribution in [2.24, 2.45) is 0 Å². The van der Waals surface area contributed by atoms with E-state index in [0.717, 1.165) is 16.3 Å². The van der Waals surface area contributed by atoms with Crippen LogP contribution >= 0.6 is 0 Å². The minimum Gasteiger partial charge on any atom is -0.420 e. The molecule has 0 aliphatic rings. The summed E-state index contributed by atoms with van der Waals surface area (Å²) in [7, 11) is 0. The first-order valence-corrected chi connectivity index (χ1v) is 7.50. The lowest BCUT2D eigenvalue weighted by Crippen LogP contribution is -2.04. The number of hydrogen-bond donors (Lipinski definition) is 1. The maximum Gasteiger partial charge on any atom is 0.268 e. The zero-order valence-corrected chi connectivity index (χ0v) is 13.0. The highest BCUT2D eigenvalue weighted by atomic mass is 16.4. The number of anilines is 1. The molecule has 7 heteroatoms. The van der Waals surface area contributed by atoms with Crippen molar-refractivity contribution in [2.45, 2.75) is 13.5 Å². The quantitative estimate of drug-likeness (QED) is 0.618. The third-order valence-electron chi connectivity index (χ3n) is 3.60. The Kier molecular flexibility index (Phi) is 3.59. The molecule has 4 rings (SSSR count). The average Bonchev–Trinajstić information content (AvgIpc) is 3.06. The highest BCUT2D eigenvalue weighted by molar-refractivity contribution is 5.98. The Morgan fingerprint density at radius 2 is 1.83 bits per heavy atom. The fraction of sp³-hybridized carbons (Fsp3) is 0.118. The Balaban J connectivity index is 1.73. The Morgan fingerprint density at radius 3 is 2.58 bits per heavy atom. The summed E-state index contributed by atoms with van der Waals surface area (Å²) in [4.78, 5) is 4.11. The van der Waals surface area contributed by atoms with E-state index in [1.54, 1.807) is 13.1 Å². The third kappa shape index (κ3) is 2.67. The molecule has 0 amide bonds. The van der Waals surface area contributed by atoms with Gasteiger partial charge in [-0.3, -0.25) is 4.98 Å². The van der Waals surface area contributed by atoms with Gasteiger partial charge in [-0.05, 0) is 11.6 Å². The fourth-order valence-corrected chi connectivity index (χ4v) is 2.47. The Bertz CT molecular complexity index is 983. The maximum atomic E-state index is 5.49. The summed E-state index contributed by atoms with van der Waals surface area (Å²) in [6, 6.07) is 11.8. The van der Waals surface area contributed by atoms with Crippen molar-refractivity contribution in [3.8, 4) is 11.6 Å². The largest absolute Gasteiger partial charge is 0.420 e. The number of nitrogens with one attached hydrogen (secondary N) is 1. The standard InChI is InChI=1S/C17H14N6O/c1-11-20-23-17(24-11)15-13-6-2-3-7-14(13)16(22-21-15)19-10-12-5-4-8-18-9-12/h2-9H,10H2,1H3,(H,19,22). The predicted octanol–water partition coefficient (Wildman–Crippen LogP) is 3.00. The van der Waals surface area contributed by atoms with Gasteiger partial charge in [0.05, 0.1) is 0 Å². The summed E-state index contributed by atoms with van der Waals surface area (Å²) in [5.41, 5.74) is 1.65. The van der Waals surface area contributed by atoms with Gasteiger partial charge in [0.15, 0.2) is 11.5 Å². The van der Waals surface area contributed by atoms with Crippen LogP contribution in [0, 0.1) is 6.92 Å². The molecule has 0 unspecified atom stereocenters. The molecule has 0 fully saturated rings. The molecule has 0 saturated heterocycles. The van der Waals surface area contributed by atoms with Crippen LogP contribution in [0.25, 0.3) is 22.4 Å². The first-order chi connectivity index (χ1) is 11.8. The molecule has 7 nitrogen and oxygen atoms in total. The van der Waals surface area contributed by atoms with Crippen LogP contribution in [0.15, 0.2) is 53.2 Å². The molecule has 118 valence electrons. The van der Waals surface area contributed by atoms with Gasteiger partial charge in [-0.2, -0.15) is 0 Å².